The summed E-state index contributed by atoms with van der Waals surface area (Å²) in [5, 5.41) is 5.47. The van der Waals surface area contributed by atoms with Gasteiger partial charge in [0.15, 0.2) is 0 Å². The third-order valence-corrected chi connectivity index (χ3v) is 4.06. The maximum atomic E-state index is 12.2. The van der Waals surface area contributed by atoms with Crippen molar-refractivity contribution in [3.05, 3.63) is 48.5 Å². The van der Waals surface area contributed by atoms with Gasteiger partial charge in [-0.05, 0) is 57.2 Å². The van der Waals surface area contributed by atoms with Crippen LogP contribution in [0.3, 0.4) is 0 Å². The van der Waals surface area contributed by atoms with Gasteiger partial charge in [0.1, 0.15) is 12.2 Å². The summed E-state index contributed by atoms with van der Waals surface area (Å²) in [5.74, 6) is -0.169. The van der Waals surface area contributed by atoms with Crippen molar-refractivity contribution in [2.45, 2.75) is 27.2 Å². The largest absolute Gasteiger partial charge is 0.492 e. The van der Waals surface area contributed by atoms with Gasteiger partial charge in [-0.1, -0.05) is 12.1 Å². The van der Waals surface area contributed by atoms with Crippen LogP contribution in [-0.4, -0.2) is 31.5 Å². The molecule has 0 aliphatic heterocycles. The molecule has 0 heterocycles. The SMILES string of the molecule is CCOc1ccccc1NC(=O)CC(=O)Nc1ccc(N(CC)CC)cc1. The number of carbonyl (C=O) groups is 2. The number of nitrogens with zero attached hydrogens (tertiary/aromatic N) is 1. The highest BCUT2D eigenvalue weighted by Gasteiger charge is 2.12. The Morgan fingerprint density at radius 1 is 0.889 bits per heavy atom. The van der Waals surface area contributed by atoms with Crippen molar-refractivity contribution in [1.82, 2.24) is 0 Å². The summed E-state index contributed by atoms with van der Waals surface area (Å²) in [4.78, 5) is 26.5. The predicted molar refractivity (Wildman–Crippen MR) is 109 cm³/mol. The highest BCUT2D eigenvalue weighted by molar-refractivity contribution is 6.08. The lowest BCUT2D eigenvalue weighted by molar-refractivity contribution is -0.123. The molecule has 0 radical (unpaired) electrons. The van der Waals surface area contributed by atoms with Gasteiger partial charge in [-0.15, -0.1) is 0 Å². The van der Waals surface area contributed by atoms with Gasteiger partial charge in [0.25, 0.3) is 0 Å². The van der Waals surface area contributed by atoms with Crippen LogP contribution in [0.2, 0.25) is 0 Å². The van der Waals surface area contributed by atoms with E-state index < -0.39 is 0 Å². The van der Waals surface area contributed by atoms with E-state index in [4.69, 9.17) is 4.74 Å². The van der Waals surface area contributed by atoms with Crippen LogP contribution in [0.15, 0.2) is 48.5 Å². The van der Waals surface area contributed by atoms with E-state index >= 15 is 0 Å². The molecule has 2 aromatic carbocycles. The Balaban J connectivity index is 1.91. The fourth-order valence-corrected chi connectivity index (χ4v) is 2.74. The molecule has 0 fully saturated rings. The highest BCUT2D eigenvalue weighted by Crippen LogP contribution is 2.24. The minimum absolute atomic E-state index is 0.266. The van der Waals surface area contributed by atoms with Gasteiger partial charge in [0.05, 0.1) is 12.3 Å². The summed E-state index contributed by atoms with van der Waals surface area (Å²) >= 11 is 0. The van der Waals surface area contributed by atoms with Gasteiger partial charge >= 0.3 is 0 Å². The van der Waals surface area contributed by atoms with Crippen LogP contribution in [-0.2, 0) is 9.59 Å². The molecule has 0 aliphatic rings. The standard InChI is InChI=1S/C21H27N3O3/c1-4-24(5-2)17-13-11-16(12-14-17)22-20(25)15-21(26)23-18-9-7-8-10-19(18)27-6-3/h7-14H,4-6,15H2,1-3H3,(H,22,25)(H,23,26). The first-order chi connectivity index (χ1) is 13.1. The fourth-order valence-electron chi connectivity index (χ4n) is 2.74. The number of rotatable bonds is 9. The Kier molecular flexibility index (Phi) is 7.67. The lowest BCUT2D eigenvalue weighted by Gasteiger charge is -2.21. The molecule has 6 heteroatoms. The lowest BCUT2D eigenvalue weighted by Crippen LogP contribution is -2.22. The number of hydrogen-bond acceptors (Lipinski definition) is 4. The fraction of sp³-hybridized carbons (Fsp3) is 0.333. The molecule has 0 spiro atoms. The summed E-state index contributed by atoms with van der Waals surface area (Å²) in [6, 6.07) is 14.7. The second-order valence-electron chi connectivity index (χ2n) is 5.92. The van der Waals surface area contributed by atoms with Crippen molar-refractivity contribution in [2.24, 2.45) is 0 Å². The van der Waals surface area contributed by atoms with Gasteiger partial charge in [-0.25, -0.2) is 0 Å². The summed E-state index contributed by atoms with van der Waals surface area (Å²) in [7, 11) is 0. The average molecular weight is 369 g/mol. The van der Waals surface area contributed by atoms with Gasteiger partial charge < -0.3 is 20.3 Å². The summed E-state index contributed by atoms with van der Waals surface area (Å²) in [6.07, 6.45) is -0.266. The van der Waals surface area contributed by atoms with E-state index in [-0.39, 0.29) is 18.2 Å². The minimum Gasteiger partial charge on any atom is -0.492 e. The summed E-state index contributed by atoms with van der Waals surface area (Å²) < 4.78 is 5.47. The molecule has 0 atom stereocenters. The molecule has 0 unspecified atom stereocenters. The van der Waals surface area contributed by atoms with Crippen LogP contribution in [0, 0.1) is 0 Å². The van der Waals surface area contributed by atoms with Crippen LogP contribution >= 0.6 is 0 Å². The number of hydrogen-bond donors (Lipinski definition) is 2. The Morgan fingerprint density at radius 2 is 1.52 bits per heavy atom. The Hall–Kier alpha value is -3.02. The topological polar surface area (TPSA) is 70.7 Å². The maximum Gasteiger partial charge on any atom is 0.233 e. The van der Waals surface area contributed by atoms with Crippen molar-refractivity contribution in [2.75, 3.05) is 35.2 Å². The van der Waals surface area contributed by atoms with E-state index in [0.717, 1.165) is 18.8 Å². The molecular formula is C21H27N3O3. The van der Waals surface area contributed by atoms with E-state index in [1.54, 1.807) is 18.2 Å². The Bertz CT molecular complexity index is 756. The minimum atomic E-state index is -0.389. The number of carbonyl (C=O) groups excluding carboxylic acids is 2. The van der Waals surface area contributed by atoms with Crippen LogP contribution in [0.5, 0.6) is 5.75 Å². The number of nitrogens with one attached hydrogen (secondary N) is 2. The molecule has 2 amide bonds. The van der Waals surface area contributed by atoms with Crippen LogP contribution in [0.1, 0.15) is 27.2 Å². The first kappa shape index (κ1) is 20.3. The summed E-state index contributed by atoms with van der Waals surface area (Å²) in [6.45, 7) is 8.41. The smallest absolute Gasteiger partial charge is 0.233 e. The first-order valence-corrected chi connectivity index (χ1v) is 9.23. The van der Waals surface area contributed by atoms with Gasteiger partial charge in [-0.3, -0.25) is 9.59 Å². The number of para-hydroxylation sites is 2. The first-order valence-electron chi connectivity index (χ1n) is 9.23. The molecular weight excluding hydrogens is 342 g/mol. The number of benzene rings is 2. The molecule has 2 N–H and O–H groups in total. The van der Waals surface area contributed by atoms with Gasteiger partial charge in [-0.2, -0.15) is 0 Å². The molecule has 6 nitrogen and oxygen atoms in total. The van der Waals surface area contributed by atoms with Gasteiger partial charge in [0.2, 0.25) is 11.8 Å². The third-order valence-electron chi connectivity index (χ3n) is 4.06. The zero-order valence-corrected chi connectivity index (χ0v) is 16.1. The quantitative estimate of drug-likeness (QED) is 0.658. The van der Waals surface area contributed by atoms with Crippen molar-refractivity contribution in [3.63, 3.8) is 0 Å². The zero-order valence-electron chi connectivity index (χ0n) is 16.1. The second kappa shape index (κ2) is 10.2. The highest BCUT2D eigenvalue weighted by atomic mass is 16.5. The van der Waals surface area contributed by atoms with Crippen LogP contribution < -0.4 is 20.3 Å². The molecule has 0 saturated heterocycles. The lowest BCUT2D eigenvalue weighted by atomic mass is 10.2. The number of anilines is 3. The van der Waals surface area contributed by atoms with Crippen LogP contribution in [0.25, 0.3) is 0 Å². The molecule has 0 aromatic heterocycles. The summed E-state index contributed by atoms with van der Waals surface area (Å²) in [5.41, 5.74) is 2.32. The molecule has 0 aliphatic carbocycles. The van der Waals surface area contributed by atoms with Gasteiger partial charge in [0, 0.05) is 24.5 Å². The van der Waals surface area contributed by atoms with Crippen LogP contribution in [0.4, 0.5) is 17.1 Å². The van der Waals surface area contributed by atoms with E-state index in [1.807, 2.05) is 37.3 Å². The van der Waals surface area contributed by atoms with Crippen molar-refractivity contribution < 1.29 is 14.3 Å². The number of amides is 2. The van der Waals surface area contributed by atoms with Crippen molar-refractivity contribution in [3.8, 4) is 5.75 Å². The molecule has 0 saturated carbocycles. The predicted octanol–water partition coefficient (Wildman–Crippen LogP) is 3.90. The Morgan fingerprint density at radius 3 is 2.15 bits per heavy atom. The monoisotopic (exact) mass is 369 g/mol. The van der Waals surface area contributed by atoms with Crippen molar-refractivity contribution in [1.29, 1.82) is 0 Å². The molecule has 2 aromatic rings. The van der Waals surface area contributed by atoms with E-state index in [1.165, 1.54) is 0 Å². The maximum absolute atomic E-state index is 12.2. The second-order valence-corrected chi connectivity index (χ2v) is 5.92. The molecule has 0 bridgehead atoms. The number of ether oxygens (including phenoxy) is 1. The normalized spacial score (nSPS) is 10.2. The van der Waals surface area contributed by atoms with E-state index in [2.05, 4.69) is 29.4 Å². The van der Waals surface area contributed by atoms with E-state index in [0.29, 0.717) is 23.7 Å². The molecule has 27 heavy (non-hydrogen) atoms. The van der Waals surface area contributed by atoms with Crippen molar-refractivity contribution >= 4 is 28.9 Å². The molecule has 144 valence electrons. The molecule has 2 rings (SSSR count). The zero-order chi connectivity index (χ0) is 19.6. The van der Waals surface area contributed by atoms with E-state index in [9.17, 15) is 9.59 Å². The average Bonchev–Trinajstić information content (AvgIpc) is 2.65. The Labute approximate surface area is 160 Å². The third kappa shape index (κ3) is 6.02.